The lowest BCUT2D eigenvalue weighted by Gasteiger charge is -2.16. The van der Waals surface area contributed by atoms with Crippen molar-refractivity contribution in [3.63, 3.8) is 0 Å². The van der Waals surface area contributed by atoms with Gasteiger partial charge in [-0.25, -0.2) is 0 Å². The van der Waals surface area contributed by atoms with E-state index in [9.17, 15) is 4.79 Å². The van der Waals surface area contributed by atoms with Gasteiger partial charge in [-0.15, -0.1) is 11.3 Å². The summed E-state index contributed by atoms with van der Waals surface area (Å²) in [7, 11) is 0. The minimum atomic E-state index is -0.347. The Morgan fingerprint density at radius 1 is 1.62 bits per heavy atom. The highest BCUT2D eigenvalue weighted by Crippen LogP contribution is 2.18. The van der Waals surface area contributed by atoms with Crippen LogP contribution in [-0.4, -0.2) is 11.9 Å². The largest absolute Gasteiger partial charge is 0.368 e. The predicted molar refractivity (Wildman–Crippen MR) is 54.5 cm³/mol. The summed E-state index contributed by atoms with van der Waals surface area (Å²) in [5.74, 6) is -0.323. The first-order chi connectivity index (χ1) is 6.11. The SMILES string of the molecule is CC(C)NC(C(N)=O)c1cccs1. The van der Waals surface area contributed by atoms with E-state index in [4.69, 9.17) is 5.73 Å². The van der Waals surface area contributed by atoms with Crippen LogP contribution in [0.1, 0.15) is 24.8 Å². The maximum atomic E-state index is 11.1. The zero-order valence-electron chi connectivity index (χ0n) is 7.78. The molecule has 1 amide bonds. The van der Waals surface area contributed by atoms with Gasteiger partial charge in [0, 0.05) is 10.9 Å². The molecule has 0 aliphatic carbocycles. The van der Waals surface area contributed by atoms with Crippen LogP contribution in [0.3, 0.4) is 0 Å². The molecule has 3 nitrogen and oxygen atoms in total. The topological polar surface area (TPSA) is 55.1 Å². The third-order valence-electron chi connectivity index (χ3n) is 1.61. The van der Waals surface area contributed by atoms with Crippen LogP contribution in [0.4, 0.5) is 0 Å². The maximum Gasteiger partial charge on any atom is 0.240 e. The summed E-state index contributed by atoms with van der Waals surface area (Å²) in [6.07, 6.45) is 0. The first-order valence-corrected chi connectivity index (χ1v) is 5.08. The zero-order valence-corrected chi connectivity index (χ0v) is 8.60. The molecule has 3 N–H and O–H groups in total. The van der Waals surface area contributed by atoms with Gasteiger partial charge < -0.3 is 5.73 Å². The second-order valence-electron chi connectivity index (χ2n) is 3.17. The third kappa shape index (κ3) is 2.82. The van der Waals surface area contributed by atoms with Crippen LogP contribution in [0.5, 0.6) is 0 Å². The standard InChI is InChI=1S/C9H14N2OS/c1-6(2)11-8(9(10)12)7-4-3-5-13-7/h3-6,8,11H,1-2H3,(H2,10,12). The molecule has 1 atom stereocenters. The molecule has 0 aliphatic rings. The number of carbonyl (C=O) groups is 1. The van der Waals surface area contributed by atoms with Crippen molar-refractivity contribution in [2.75, 3.05) is 0 Å². The Kier molecular flexibility index (Phi) is 3.45. The van der Waals surface area contributed by atoms with Gasteiger partial charge in [-0.2, -0.15) is 0 Å². The van der Waals surface area contributed by atoms with Crippen LogP contribution in [0.2, 0.25) is 0 Å². The molecular weight excluding hydrogens is 184 g/mol. The lowest BCUT2D eigenvalue weighted by Crippen LogP contribution is -2.36. The van der Waals surface area contributed by atoms with Gasteiger partial charge in [0.15, 0.2) is 0 Å². The first-order valence-electron chi connectivity index (χ1n) is 4.20. The number of nitrogens with two attached hydrogens (primary N) is 1. The predicted octanol–water partition coefficient (Wildman–Crippen LogP) is 1.27. The molecular formula is C9H14N2OS. The van der Waals surface area contributed by atoms with Crippen molar-refractivity contribution in [1.29, 1.82) is 0 Å². The number of thiophene rings is 1. The van der Waals surface area contributed by atoms with Gasteiger partial charge in [-0.05, 0) is 25.3 Å². The van der Waals surface area contributed by atoms with Crippen molar-refractivity contribution in [1.82, 2.24) is 5.32 Å². The number of hydrogen-bond acceptors (Lipinski definition) is 3. The highest BCUT2D eigenvalue weighted by molar-refractivity contribution is 7.10. The van der Waals surface area contributed by atoms with Crippen molar-refractivity contribution >= 4 is 17.2 Å². The van der Waals surface area contributed by atoms with Gasteiger partial charge in [-0.1, -0.05) is 6.07 Å². The van der Waals surface area contributed by atoms with Crippen molar-refractivity contribution in [2.45, 2.75) is 25.9 Å². The summed E-state index contributed by atoms with van der Waals surface area (Å²) in [6, 6.07) is 3.73. The fourth-order valence-electron chi connectivity index (χ4n) is 1.09. The molecule has 1 heterocycles. The third-order valence-corrected chi connectivity index (χ3v) is 2.55. The Morgan fingerprint density at radius 2 is 2.31 bits per heavy atom. The molecule has 1 aromatic rings. The van der Waals surface area contributed by atoms with Crippen molar-refractivity contribution in [3.05, 3.63) is 22.4 Å². The molecule has 0 bridgehead atoms. The lowest BCUT2D eigenvalue weighted by molar-refractivity contribution is -0.120. The summed E-state index contributed by atoms with van der Waals surface area (Å²) >= 11 is 1.54. The van der Waals surface area contributed by atoms with E-state index in [1.165, 1.54) is 11.3 Å². The zero-order chi connectivity index (χ0) is 9.84. The average Bonchev–Trinajstić information content (AvgIpc) is 2.50. The summed E-state index contributed by atoms with van der Waals surface area (Å²) in [5, 5.41) is 5.06. The molecule has 0 spiro atoms. The Bertz CT molecular complexity index is 269. The van der Waals surface area contributed by atoms with Crippen LogP contribution in [0.15, 0.2) is 17.5 Å². The molecule has 0 saturated carbocycles. The van der Waals surface area contributed by atoms with Crippen molar-refractivity contribution < 1.29 is 4.79 Å². The number of primary amides is 1. The van der Waals surface area contributed by atoms with Gasteiger partial charge >= 0.3 is 0 Å². The molecule has 1 unspecified atom stereocenters. The summed E-state index contributed by atoms with van der Waals surface area (Å²) in [5.41, 5.74) is 5.28. The highest BCUT2D eigenvalue weighted by Gasteiger charge is 2.18. The van der Waals surface area contributed by atoms with Crippen molar-refractivity contribution in [3.8, 4) is 0 Å². The molecule has 1 aromatic heterocycles. The van der Waals surface area contributed by atoms with E-state index in [-0.39, 0.29) is 18.0 Å². The first kappa shape index (κ1) is 10.2. The Labute approximate surface area is 81.9 Å². The summed E-state index contributed by atoms with van der Waals surface area (Å²) < 4.78 is 0. The molecule has 0 aromatic carbocycles. The van der Waals surface area contributed by atoms with E-state index >= 15 is 0 Å². The van der Waals surface area contributed by atoms with E-state index in [2.05, 4.69) is 5.32 Å². The smallest absolute Gasteiger partial charge is 0.240 e. The molecule has 0 aliphatic heterocycles. The number of carbonyl (C=O) groups excluding carboxylic acids is 1. The van der Waals surface area contributed by atoms with Crippen LogP contribution in [0.25, 0.3) is 0 Å². The van der Waals surface area contributed by atoms with E-state index in [0.29, 0.717) is 0 Å². The van der Waals surface area contributed by atoms with Crippen LogP contribution in [0, 0.1) is 0 Å². The molecule has 72 valence electrons. The maximum absolute atomic E-state index is 11.1. The number of amides is 1. The Morgan fingerprint density at radius 3 is 2.69 bits per heavy atom. The Balaban J connectivity index is 2.75. The fourth-order valence-corrected chi connectivity index (χ4v) is 1.89. The van der Waals surface area contributed by atoms with E-state index in [1.54, 1.807) is 0 Å². The lowest BCUT2D eigenvalue weighted by atomic mass is 10.2. The summed E-state index contributed by atoms with van der Waals surface area (Å²) in [4.78, 5) is 12.1. The summed E-state index contributed by atoms with van der Waals surface area (Å²) in [6.45, 7) is 3.98. The van der Waals surface area contributed by atoms with E-state index in [0.717, 1.165) is 4.88 Å². The van der Waals surface area contributed by atoms with Gasteiger partial charge in [0.2, 0.25) is 5.91 Å². The van der Waals surface area contributed by atoms with Gasteiger partial charge in [0.05, 0.1) is 0 Å². The molecule has 0 radical (unpaired) electrons. The quantitative estimate of drug-likeness (QED) is 0.765. The van der Waals surface area contributed by atoms with Gasteiger partial charge in [0.25, 0.3) is 0 Å². The Hall–Kier alpha value is -0.870. The molecule has 0 fully saturated rings. The van der Waals surface area contributed by atoms with Crippen LogP contribution in [-0.2, 0) is 4.79 Å². The molecule has 4 heteroatoms. The van der Waals surface area contributed by atoms with Gasteiger partial charge in [-0.3, -0.25) is 10.1 Å². The molecule has 1 rings (SSSR count). The van der Waals surface area contributed by atoms with Crippen LogP contribution >= 0.6 is 11.3 Å². The second-order valence-corrected chi connectivity index (χ2v) is 4.15. The minimum Gasteiger partial charge on any atom is -0.368 e. The van der Waals surface area contributed by atoms with Gasteiger partial charge in [0.1, 0.15) is 6.04 Å². The van der Waals surface area contributed by atoms with Crippen molar-refractivity contribution in [2.24, 2.45) is 5.73 Å². The monoisotopic (exact) mass is 198 g/mol. The van der Waals surface area contributed by atoms with Crippen LogP contribution < -0.4 is 11.1 Å². The van der Waals surface area contributed by atoms with E-state index < -0.39 is 0 Å². The fraction of sp³-hybridized carbons (Fsp3) is 0.444. The normalized spacial score (nSPS) is 13.2. The molecule has 0 saturated heterocycles. The minimum absolute atomic E-state index is 0.250. The number of hydrogen-bond donors (Lipinski definition) is 2. The second kappa shape index (κ2) is 4.39. The highest BCUT2D eigenvalue weighted by atomic mass is 32.1. The number of rotatable bonds is 4. The molecule has 13 heavy (non-hydrogen) atoms. The number of nitrogens with one attached hydrogen (secondary N) is 1. The van der Waals surface area contributed by atoms with E-state index in [1.807, 2.05) is 31.4 Å². The average molecular weight is 198 g/mol.